The van der Waals surface area contributed by atoms with Crippen LogP contribution in [0.5, 0.6) is 0 Å². The van der Waals surface area contributed by atoms with Gasteiger partial charge >= 0.3 is 0 Å². The van der Waals surface area contributed by atoms with Gasteiger partial charge in [0.2, 0.25) is 0 Å². The van der Waals surface area contributed by atoms with E-state index in [9.17, 15) is 18.5 Å². The second-order valence-electron chi connectivity index (χ2n) is 7.32. The average Bonchev–Trinajstić information content (AvgIpc) is 3.41. The maximum atomic E-state index is 14.4. The Balaban J connectivity index is 2.38. The molecule has 1 aliphatic carbocycles. The topological polar surface area (TPSA) is 81.7 Å². The number of aliphatic hydroxyl groups excluding tert-OH is 1. The predicted octanol–water partition coefficient (Wildman–Crippen LogP) is 2.59. The van der Waals surface area contributed by atoms with Gasteiger partial charge in [0, 0.05) is 32.5 Å². The summed E-state index contributed by atoms with van der Waals surface area (Å²) in [6, 6.07) is 4.76. The molecule has 0 aromatic heterocycles. The van der Waals surface area contributed by atoms with Crippen LogP contribution in [0.4, 0.5) is 10.1 Å². The van der Waals surface area contributed by atoms with Crippen LogP contribution < -0.4 is 10.0 Å². The first-order valence-electron chi connectivity index (χ1n) is 9.09. The fraction of sp³-hybridized carbons (Fsp3) is 0.450. The molecule has 0 heterocycles. The van der Waals surface area contributed by atoms with Crippen LogP contribution >= 0.6 is 0 Å². The van der Waals surface area contributed by atoms with E-state index < -0.39 is 21.5 Å². The molecule has 6 nitrogen and oxygen atoms in total. The van der Waals surface area contributed by atoms with E-state index in [4.69, 9.17) is 0 Å². The molecule has 3 N–H and O–H groups in total. The van der Waals surface area contributed by atoms with E-state index in [1.165, 1.54) is 6.07 Å². The van der Waals surface area contributed by atoms with Gasteiger partial charge in [0.05, 0.1) is 21.8 Å². The van der Waals surface area contributed by atoms with Crippen LogP contribution in [-0.4, -0.2) is 46.0 Å². The van der Waals surface area contributed by atoms with E-state index in [1.807, 2.05) is 0 Å². The number of aldehydes is 1. The number of hydrogen-bond donors (Lipinski definition) is 3. The van der Waals surface area contributed by atoms with Gasteiger partial charge < -0.3 is 20.0 Å². The molecule has 1 unspecified atom stereocenters. The highest BCUT2D eigenvalue weighted by molar-refractivity contribution is 7.85. The Bertz CT molecular complexity index is 817. The van der Waals surface area contributed by atoms with E-state index in [1.54, 1.807) is 51.2 Å². The first-order valence-corrected chi connectivity index (χ1v) is 10.2. The average molecular weight is 410 g/mol. The van der Waals surface area contributed by atoms with E-state index >= 15 is 0 Å². The molecule has 1 saturated carbocycles. The van der Waals surface area contributed by atoms with E-state index in [0.717, 1.165) is 18.4 Å². The molecule has 0 radical (unpaired) electrons. The second kappa shape index (κ2) is 9.34. The number of hydrogen-bond acceptors (Lipinski definition) is 5. The van der Waals surface area contributed by atoms with Crippen molar-refractivity contribution in [1.29, 1.82) is 0 Å². The van der Waals surface area contributed by atoms with Gasteiger partial charge in [-0.3, -0.25) is 4.79 Å². The molecular formula is C20H28FN3O3S. The molecule has 2 rings (SSSR count). The third-order valence-electron chi connectivity index (χ3n) is 4.58. The first-order chi connectivity index (χ1) is 13.2. The Morgan fingerprint density at radius 1 is 1.39 bits per heavy atom. The Labute approximate surface area is 168 Å². The van der Waals surface area contributed by atoms with Crippen LogP contribution in [0.25, 0.3) is 0 Å². The third-order valence-corrected chi connectivity index (χ3v) is 6.39. The monoisotopic (exact) mass is 409 g/mol. The zero-order valence-corrected chi connectivity index (χ0v) is 17.5. The molecule has 28 heavy (non-hydrogen) atoms. The SMILES string of the molecule is C/C(C=O)=C(Nc1ccc(C)cc1F)/C(=C\N(C)C)NS(=O)C1(CCO)CC1. The van der Waals surface area contributed by atoms with Gasteiger partial charge in [-0.1, -0.05) is 6.07 Å². The zero-order valence-electron chi connectivity index (χ0n) is 16.7. The minimum absolute atomic E-state index is 0.0387. The highest BCUT2D eigenvalue weighted by Gasteiger charge is 2.48. The van der Waals surface area contributed by atoms with Crippen LogP contribution in [-0.2, 0) is 15.8 Å². The van der Waals surface area contributed by atoms with Gasteiger partial charge in [0.25, 0.3) is 0 Å². The van der Waals surface area contributed by atoms with Crippen molar-refractivity contribution in [2.75, 3.05) is 26.0 Å². The zero-order chi connectivity index (χ0) is 20.9. The molecule has 0 aliphatic heterocycles. The van der Waals surface area contributed by atoms with Gasteiger partial charge in [-0.25, -0.2) is 8.60 Å². The number of nitrogens with one attached hydrogen (secondary N) is 2. The van der Waals surface area contributed by atoms with Crippen molar-refractivity contribution in [1.82, 2.24) is 9.62 Å². The van der Waals surface area contributed by atoms with Crippen molar-refractivity contribution >= 4 is 23.0 Å². The molecule has 0 bridgehead atoms. The largest absolute Gasteiger partial charge is 0.396 e. The summed E-state index contributed by atoms with van der Waals surface area (Å²) < 4.78 is 29.8. The van der Waals surface area contributed by atoms with Gasteiger partial charge in [-0.15, -0.1) is 0 Å². The summed E-state index contributed by atoms with van der Waals surface area (Å²) >= 11 is 0. The van der Waals surface area contributed by atoms with Crippen molar-refractivity contribution in [3.05, 3.63) is 52.7 Å². The van der Waals surface area contributed by atoms with Crippen molar-refractivity contribution in [2.24, 2.45) is 0 Å². The summed E-state index contributed by atoms with van der Waals surface area (Å²) in [5.74, 6) is -0.444. The summed E-state index contributed by atoms with van der Waals surface area (Å²) in [4.78, 5) is 13.2. The standard InChI is InChI=1S/C20H28FN3O3S/c1-14-5-6-17(16(21)11-14)22-19(15(2)13-26)18(12-24(3)4)23-28(27)20(7-8-20)9-10-25/h5-6,11-13,22-23,25H,7-10H2,1-4H3/b18-12+,19-15+. The lowest BCUT2D eigenvalue weighted by Crippen LogP contribution is -2.33. The van der Waals surface area contributed by atoms with Gasteiger partial charge in [0.1, 0.15) is 23.1 Å². The molecule has 0 spiro atoms. The highest BCUT2D eigenvalue weighted by atomic mass is 32.2. The fourth-order valence-corrected chi connectivity index (χ4v) is 4.09. The Morgan fingerprint density at radius 2 is 2.07 bits per heavy atom. The minimum Gasteiger partial charge on any atom is -0.396 e. The lowest BCUT2D eigenvalue weighted by atomic mass is 10.1. The van der Waals surface area contributed by atoms with Crippen LogP contribution in [0.2, 0.25) is 0 Å². The van der Waals surface area contributed by atoms with Crippen molar-refractivity contribution in [3.8, 4) is 0 Å². The number of aliphatic hydroxyl groups is 1. The maximum Gasteiger partial charge on any atom is 0.147 e. The quantitative estimate of drug-likeness (QED) is 0.314. The molecule has 1 aromatic rings. The number of benzene rings is 1. The van der Waals surface area contributed by atoms with Crippen LogP contribution in [0, 0.1) is 12.7 Å². The number of allylic oxidation sites excluding steroid dienone is 1. The summed E-state index contributed by atoms with van der Waals surface area (Å²) in [6.45, 7) is 3.36. The summed E-state index contributed by atoms with van der Waals surface area (Å²) in [6.07, 6.45) is 4.31. The van der Waals surface area contributed by atoms with E-state index in [0.29, 0.717) is 29.7 Å². The normalized spacial score (nSPS) is 17.4. The maximum absolute atomic E-state index is 14.4. The number of halogens is 1. The molecule has 1 aliphatic rings. The van der Waals surface area contributed by atoms with Crippen molar-refractivity contribution < 1.29 is 18.5 Å². The van der Waals surface area contributed by atoms with Gasteiger partial charge in [0.15, 0.2) is 0 Å². The first kappa shape index (κ1) is 22.1. The molecule has 0 saturated heterocycles. The Morgan fingerprint density at radius 3 is 2.57 bits per heavy atom. The number of carbonyl (C=O) groups is 1. The van der Waals surface area contributed by atoms with Crippen LogP contribution in [0.15, 0.2) is 41.4 Å². The van der Waals surface area contributed by atoms with E-state index in [2.05, 4.69) is 10.0 Å². The Hall–Kier alpha value is -2.19. The molecule has 1 atom stereocenters. The highest BCUT2D eigenvalue weighted by Crippen LogP contribution is 2.44. The fourth-order valence-electron chi connectivity index (χ4n) is 2.77. The van der Waals surface area contributed by atoms with E-state index in [-0.39, 0.29) is 12.3 Å². The Kier molecular flexibility index (Phi) is 7.37. The number of aryl methyl sites for hydroxylation is 1. The van der Waals surface area contributed by atoms with Crippen molar-refractivity contribution in [2.45, 2.75) is 37.9 Å². The second-order valence-corrected chi connectivity index (χ2v) is 8.93. The summed E-state index contributed by atoms with van der Waals surface area (Å²) in [7, 11) is 2.13. The predicted molar refractivity (Wildman–Crippen MR) is 110 cm³/mol. The van der Waals surface area contributed by atoms with Crippen LogP contribution in [0.3, 0.4) is 0 Å². The molecule has 154 valence electrons. The molecule has 0 amide bonds. The molecule has 1 aromatic carbocycles. The number of carbonyl (C=O) groups excluding carboxylic acids is 1. The lowest BCUT2D eigenvalue weighted by molar-refractivity contribution is -0.104. The molecule has 8 heteroatoms. The smallest absolute Gasteiger partial charge is 0.147 e. The van der Waals surface area contributed by atoms with Gasteiger partial charge in [-0.2, -0.15) is 0 Å². The number of nitrogens with zero attached hydrogens (tertiary/aromatic N) is 1. The number of rotatable bonds is 10. The molecule has 1 fully saturated rings. The van der Waals surface area contributed by atoms with Crippen molar-refractivity contribution in [3.63, 3.8) is 0 Å². The minimum atomic E-state index is -1.46. The third kappa shape index (κ3) is 5.42. The van der Waals surface area contributed by atoms with Gasteiger partial charge in [-0.05, 0) is 50.8 Å². The van der Waals surface area contributed by atoms with Crippen LogP contribution in [0.1, 0.15) is 31.7 Å². The summed E-state index contributed by atoms with van der Waals surface area (Å²) in [5.41, 5.74) is 2.10. The number of anilines is 1. The lowest BCUT2D eigenvalue weighted by Gasteiger charge is -2.22. The molecular weight excluding hydrogens is 381 g/mol. The summed E-state index contributed by atoms with van der Waals surface area (Å²) in [5, 5.41) is 12.2.